The molecular weight excluding hydrogens is 428 g/mol. The van der Waals surface area contributed by atoms with Crippen molar-refractivity contribution in [2.75, 3.05) is 19.0 Å². The van der Waals surface area contributed by atoms with E-state index in [1.807, 2.05) is 0 Å². The summed E-state index contributed by atoms with van der Waals surface area (Å²) in [7, 11) is 1.42. The molecule has 4 amide bonds. The summed E-state index contributed by atoms with van der Waals surface area (Å²) in [4.78, 5) is 49.2. The van der Waals surface area contributed by atoms with Gasteiger partial charge in [0, 0.05) is 23.2 Å². The number of nitrogens with zero attached hydrogens (tertiary/aromatic N) is 2. The molecule has 0 saturated carbocycles. The molecule has 11 heteroatoms. The van der Waals surface area contributed by atoms with Crippen LogP contribution in [0.3, 0.4) is 0 Å². The van der Waals surface area contributed by atoms with E-state index >= 15 is 0 Å². The van der Waals surface area contributed by atoms with E-state index in [4.69, 9.17) is 16.3 Å². The average molecular weight is 447 g/mol. The fraction of sp³-hybridized carbons (Fsp3) is 0.250. The Balaban J connectivity index is 1.80. The van der Waals surface area contributed by atoms with Crippen molar-refractivity contribution < 1.29 is 24.0 Å². The van der Waals surface area contributed by atoms with E-state index in [0.717, 1.165) is 4.90 Å². The van der Waals surface area contributed by atoms with Gasteiger partial charge in [0.05, 0.1) is 17.7 Å². The lowest BCUT2D eigenvalue weighted by molar-refractivity contribution is -0.385. The van der Waals surface area contributed by atoms with E-state index in [9.17, 15) is 24.5 Å². The molecule has 10 nitrogen and oxygen atoms in total. The first kappa shape index (κ1) is 22.0. The highest BCUT2D eigenvalue weighted by Gasteiger charge is 2.49. The van der Waals surface area contributed by atoms with Gasteiger partial charge < -0.3 is 15.4 Å². The number of hydrogen-bond acceptors (Lipinski definition) is 6. The summed E-state index contributed by atoms with van der Waals surface area (Å²) in [6.07, 6.45) is 0. The highest BCUT2D eigenvalue weighted by Crippen LogP contribution is 2.32. The summed E-state index contributed by atoms with van der Waals surface area (Å²) < 4.78 is 5.20. The van der Waals surface area contributed by atoms with Crippen molar-refractivity contribution >= 4 is 40.8 Å². The quantitative estimate of drug-likeness (QED) is 0.398. The first-order valence-corrected chi connectivity index (χ1v) is 9.47. The van der Waals surface area contributed by atoms with E-state index in [0.29, 0.717) is 22.0 Å². The minimum Gasteiger partial charge on any atom is -0.495 e. The topological polar surface area (TPSA) is 131 Å². The number of amides is 4. The van der Waals surface area contributed by atoms with Gasteiger partial charge in [0.1, 0.15) is 17.8 Å². The molecule has 3 rings (SSSR count). The van der Waals surface area contributed by atoms with Crippen LogP contribution in [-0.2, 0) is 15.1 Å². The van der Waals surface area contributed by atoms with Crippen molar-refractivity contribution in [3.05, 3.63) is 62.7 Å². The lowest BCUT2D eigenvalue weighted by atomic mass is 9.91. The zero-order valence-electron chi connectivity index (χ0n) is 16.9. The summed E-state index contributed by atoms with van der Waals surface area (Å²) in [5.74, 6) is -1.01. The molecule has 0 radical (unpaired) electrons. The van der Waals surface area contributed by atoms with Gasteiger partial charge in [0.2, 0.25) is 5.91 Å². The zero-order chi connectivity index (χ0) is 22.9. The maximum atomic E-state index is 13.0. The summed E-state index contributed by atoms with van der Waals surface area (Å²) >= 11 is 6.06. The Morgan fingerprint density at radius 3 is 2.68 bits per heavy atom. The molecule has 1 saturated heterocycles. The van der Waals surface area contributed by atoms with Crippen LogP contribution in [0.4, 0.5) is 16.2 Å². The van der Waals surface area contributed by atoms with Crippen LogP contribution in [0.2, 0.25) is 5.02 Å². The van der Waals surface area contributed by atoms with E-state index in [1.54, 1.807) is 19.1 Å². The van der Waals surface area contributed by atoms with Crippen LogP contribution >= 0.6 is 11.6 Å². The molecule has 1 aliphatic heterocycles. The molecule has 2 aromatic rings. The highest BCUT2D eigenvalue weighted by atomic mass is 35.5. The van der Waals surface area contributed by atoms with Crippen molar-refractivity contribution in [1.82, 2.24) is 10.2 Å². The number of nitro benzene ring substituents is 1. The van der Waals surface area contributed by atoms with Crippen LogP contribution in [0.5, 0.6) is 5.75 Å². The van der Waals surface area contributed by atoms with Crippen LogP contribution in [0, 0.1) is 17.0 Å². The van der Waals surface area contributed by atoms with Crippen LogP contribution < -0.4 is 15.4 Å². The third-order valence-corrected chi connectivity index (χ3v) is 5.37. The number of ether oxygens (including phenoxy) is 1. The van der Waals surface area contributed by atoms with Crippen molar-refractivity contribution in [2.24, 2.45) is 0 Å². The Labute approximate surface area is 182 Å². The summed E-state index contributed by atoms with van der Waals surface area (Å²) in [6, 6.07) is 7.77. The SMILES string of the molecule is COc1cc(Cl)c(C)cc1NC(=O)CN1C(=O)NC(C)(c2cccc([N+](=O)[O-])c2)C1=O. The van der Waals surface area contributed by atoms with Crippen LogP contribution in [0.15, 0.2) is 36.4 Å². The molecule has 1 unspecified atom stereocenters. The number of methoxy groups -OCH3 is 1. The fourth-order valence-electron chi connectivity index (χ4n) is 3.23. The number of nitrogens with one attached hydrogen (secondary N) is 2. The summed E-state index contributed by atoms with van der Waals surface area (Å²) in [5.41, 5.74) is -0.494. The Hall–Kier alpha value is -3.66. The van der Waals surface area contributed by atoms with Crippen LogP contribution in [0.1, 0.15) is 18.1 Å². The second-order valence-corrected chi connectivity index (χ2v) is 7.51. The number of urea groups is 1. The van der Waals surface area contributed by atoms with Crippen molar-refractivity contribution in [3.63, 3.8) is 0 Å². The zero-order valence-corrected chi connectivity index (χ0v) is 17.6. The Morgan fingerprint density at radius 1 is 1.32 bits per heavy atom. The van der Waals surface area contributed by atoms with Gasteiger partial charge in [0.15, 0.2) is 0 Å². The standard InChI is InChI=1S/C20H19ClN4O6/c1-11-7-15(16(31-3)9-14(11)21)22-17(26)10-24-18(27)20(2,23-19(24)28)12-5-4-6-13(8-12)25(29)30/h4-9H,10H2,1-3H3,(H,22,26)(H,23,28). The Kier molecular flexibility index (Phi) is 5.85. The smallest absolute Gasteiger partial charge is 0.325 e. The number of halogens is 1. The highest BCUT2D eigenvalue weighted by molar-refractivity contribution is 6.31. The van der Waals surface area contributed by atoms with E-state index in [2.05, 4.69) is 10.6 Å². The van der Waals surface area contributed by atoms with Gasteiger partial charge in [-0.2, -0.15) is 0 Å². The second-order valence-electron chi connectivity index (χ2n) is 7.10. The first-order chi connectivity index (χ1) is 14.6. The monoisotopic (exact) mass is 446 g/mol. The number of carbonyl (C=O) groups excluding carboxylic acids is 3. The van der Waals surface area contributed by atoms with Crippen LogP contribution in [-0.4, -0.2) is 41.3 Å². The molecule has 0 spiro atoms. The van der Waals surface area contributed by atoms with Gasteiger partial charge >= 0.3 is 6.03 Å². The van der Waals surface area contributed by atoms with Crippen molar-refractivity contribution in [3.8, 4) is 5.75 Å². The molecule has 2 aromatic carbocycles. The van der Waals surface area contributed by atoms with Gasteiger partial charge in [-0.05, 0) is 31.0 Å². The number of aryl methyl sites for hydroxylation is 1. The number of benzene rings is 2. The maximum Gasteiger partial charge on any atom is 0.325 e. The first-order valence-electron chi connectivity index (χ1n) is 9.10. The molecule has 162 valence electrons. The normalized spacial score (nSPS) is 18.0. The lowest BCUT2D eigenvalue weighted by Crippen LogP contribution is -2.42. The van der Waals surface area contributed by atoms with Crippen LogP contribution in [0.25, 0.3) is 0 Å². The Morgan fingerprint density at radius 2 is 2.03 bits per heavy atom. The van der Waals surface area contributed by atoms with Gasteiger partial charge in [-0.15, -0.1) is 0 Å². The number of carbonyl (C=O) groups is 3. The fourth-order valence-corrected chi connectivity index (χ4v) is 3.38. The molecule has 0 aromatic heterocycles. The van der Waals surface area contributed by atoms with Crippen molar-refractivity contribution in [1.29, 1.82) is 0 Å². The molecule has 2 N–H and O–H groups in total. The average Bonchev–Trinajstić information content (AvgIpc) is 2.94. The third-order valence-electron chi connectivity index (χ3n) is 4.97. The van der Waals surface area contributed by atoms with Gasteiger partial charge in [-0.25, -0.2) is 4.79 Å². The second kappa shape index (κ2) is 8.23. The number of imide groups is 1. The minimum atomic E-state index is -1.54. The third kappa shape index (κ3) is 4.15. The number of rotatable bonds is 6. The number of non-ortho nitro benzene ring substituents is 1. The molecule has 1 heterocycles. The largest absolute Gasteiger partial charge is 0.495 e. The minimum absolute atomic E-state index is 0.220. The number of nitro groups is 1. The van der Waals surface area contributed by atoms with Crippen molar-refractivity contribution in [2.45, 2.75) is 19.4 Å². The van der Waals surface area contributed by atoms with E-state index in [-0.39, 0.29) is 11.3 Å². The maximum absolute atomic E-state index is 13.0. The molecule has 1 aliphatic rings. The van der Waals surface area contributed by atoms with Gasteiger partial charge in [-0.3, -0.25) is 24.6 Å². The molecule has 31 heavy (non-hydrogen) atoms. The predicted octanol–water partition coefficient (Wildman–Crippen LogP) is 2.97. The lowest BCUT2D eigenvalue weighted by Gasteiger charge is -2.22. The Bertz CT molecular complexity index is 1110. The predicted molar refractivity (Wildman–Crippen MR) is 112 cm³/mol. The molecule has 1 atom stereocenters. The van der Waals surface area contributed by atoms with E-state index < -0.39 is 34.9 Å². The molecule has 0 aliphatic carbocycles. The van der Waals surface area contributed by atoms with Gasteiger partial charge in [0.25, 0.3) is 11.6 Å². The van der Waals surface area contributed by atoms with E-state index in [1.165, 1.54) is 38.3 Å². The summed E-state index contributed by atoms with van der Waals surface area (Å²) in [6.45, 7) is 2.62. The number of hydrogen-bond donors (Lipinski definition) is 2. The molecule has 0 bridgehead atoms. The number of anilines is 1. The molecule has 1 fully saturated rings. The van der Waals surface area contributed by atoms with Gasteiger partial charge in [-0.1, -0.05) is 23.7 Å². The molecular formula is C20H19ClN4O6. The summed E-state index contributed by atoms with van der Waals surface area (Å²) in [5, 5.41) is 16.6.